The maximum Gasteiger partial charge on any atom is 0.00980 e. The highest BCUT2D eigenvalue weighted by atomic mass is 14.9. The first-order chi connectivity index (χ1) is 8.40. The van der Waals surface area contributed by atoms with Gasteiger partial charge in [-0.15, -0.1) is 0 Å². The van der Waals surface area contributed by atoms with Crippen molar-refractivity contribution in [3.63, 3.8) is 0 Å². The van der Waals surface area contributed by atoms with Gasteiger partial charge in [0.1, 0.15) is 0 Å². The van der Waals surface area contributed by atoms with Crippen LogP contribution in [0.1, 0.15) is 77.6 Å². The van der Waals surface area contributed by atoms with E-state index < -0.39 is 0 Å². The van der Waals surface area contributed by atoms with Crippen LogP contribution in [0.25, 0.3) is 0 Å². The Morgan fingerprint density at radius 2 is 1.65 bits per heavy atom. The third-order valence-electron chi connectivity index (χ3n) is 4.92. The number of hydrogen-bond acceptors (Lipinski definition) is 1. The maximum atomic E-state index is 3.82. The summed E-state index contributed by atoms with van der Waals surface area (Å²) in [7, 11) is 0. The molecule has 0 radical (unpaired) electrons. The van der Waals surface area contributed by atoms with Crippen molar-refractivity contribution in [3.05, 3.63) is 0 Å². The average Bonchev–Trinajstić information content (AvgIpc) is 2.94. The lowest BCUT2D eigenvalue weighted by molar-refractivity contribution is 0.349. The Morgan fingerprint density at radius 3 is 2.29 bits per heavy atom. The summed E-state index contributed by atoms with van der Waals surface area (Å²) in [5.41, 5.74) is 0. The summed E-state index contributed by atoms with van der Waals surface area (Å²) in [5, 5.41) is 3.82. The third kappa shape index (κ3) is 4.28. The summed E-state index contributed by atoms with van der Waals surface area (Å²) in [6.07, 6.45) is 16.1. The zero-order chi connectivity index (χ0) is 11.9. The molecule has 3 atom stereocenters. The molecule has 2 aliphatic rings. The molecule has 1 nitrogen and oxygen atoms in total. The van der Waals surface area contributed by atoms with E-state index in [4.69, 9.17) is 0 Å². The molecule has 2 aliphatic carbocycles. The van der Waals surface area contributed by atoms with E-state index in [0.29, 0.717) is 0 Å². The lowest BCUT2D eigenvalue weighted by Crippen LogP contribution is -2.34. The normalized spacial score (nSPS) is 31.2. The zero-order valence-corrected chi connectivity index (χ0v) is 11.7. The standard InChI is InChI=1S/C16H31N/c1-2-3-4-5-6-7-8-11-17-16-13-14-9-10-15(16)12-14/h14-17H,2-13H2,1H3. The van der Waals surface area contributed by atoms with Crippen LogP contribution in [0.4, 0.5) is 0 Å². The highest BCUT2D eigenvalue weighted by Gasteiger charge is 2.38. The number of unbranched alkanes of at least 4 members (excludes halogenated alkanes) is 6. The van der Waals surface area contributed by atoms with E-state index >= 15 is 0 Å². The molecule has 0 aliphatic heterocycles. The molecule has 100 valence electrons. The van der Waals surface area contributed by atoms with Crippen molar-refractivity contribution < 1.29 is 0 Å². The van der Waals surface area contributed by atoms with Crippen LogP contribution in [0.5, 0.6) is 0 Å². The molecule has 0 heterocycles. The molecule has 2 bridgehead atoms. The van der Waals surface area contributed by atoms with Gasteiger partial charge in [0.25, 0.3) is 0 Å². The fraction of sp³-hybridized carbons (Fsp3) is 1.00. The van der Waals surface area contributed by atoms with E-state index in [9.17, 15) is 0 Å². The van der Waals surface area contributed by atoms with Gasteiger partial charge < -0.3 is 5.32 Å². The summed E-state index contributed by atoms with van der Waals surface area (Å²) in [6.45, 7) is 3.57. The van der Waals surface area contributed by atoms with E-state index in [1.165, 1.54) is 77.2 Å². The minimum Gasteiger partial charge on any atom is -0.314 e. The van der Waals surface area contributed by atoms with Gasteiger partial charge in [0, 0.05) is 6.04 Å². The quantitative estimate of drug-likeness (QED) is 0.582. The molecule has 0 aromatic carbocycles. The first-order valence-electron chi connectivity index (χ1n) is 8.13. The Morgan fingerprint density at radius 1 is 0.882 bits per heavy atom. The molecule has 2 rings (SSSR count). The molecule has 2 saturated carbocycles. The minimum atomic E-state index is 0.897. The van der Waals surface area contributed by atoms with Gasteiger partial charge >= 0.3 is 0 Å². The number of fused-ring (bicyclic) bond motifs is 2. The van der Waals surface area contributed by atoms with Gasteiger partial charge in [-0.3, -0.25) is 0 Å². The Bertz CT molecular complexity index is 202. The van der Waals surface area contributed by atoms with Crippen LogP contribution in [0.3, 0.4) is 0 Å². The van der Waals surface area contributed by atoms with Crippen molar-refractivity contribution in [3.8, 4) is 0 Å². The smallest absolute Gasteiger partial charge is 0.00980 e. The van der Waals surface area contributed by atoms with Crippen LogP contribution in [-0.2, 0) is 0 Å². The topological polar surface area (TPSA) is 12.0 Å². The van der Waals surface area contributed by atoms with E-state index in [1.54, 1.807) is 0 Å². The molecular weight excluding hydrogens is 206 g/mol. The number of rotatable bonds is 9. The predicted octanol–water partition coefficient (Wildman–Crippen LogP) is 4.52. The average molecular weight is 237 g/mol. The lowest BCUT2D eigenvalue weighted by Gasteiger charge is -2.22. The van der Waals surface area contributed by atoms with Gasteiger partial charge in [0.05, 0.1) is 0 Å². The molecule has 0 amide bonds. The molecule has 17 heavy (non-hydrogen) atoms. The van der Waals surface area contributed by atoms with Gasteiger partial charge in [-0.05, 0) is 44.1 Å². The molecule has 0 aromatic rings. The summed E-state index contributed by atoms with van der Waals surface area (Å²) < 4.78 is 0. The van der Waals surface area contributed by atoms with Crippen molar-refractivity contribution in [2.24, 2.45) is 11.8 Å². The summed E-state index contributed by atoms with van der Waals surface area (Å²) in [6, 6.07) is 0.897. The Kier molecular flexibility index (Phi) is 5.84. The Hall–Kier alpha value is -0.0400. The van der Waals surface area contributed by atoms with Gasteiger partial charge in [0.15, 0.2) is 0 Å². The fourth-order valence-electron chi connectivity index (χ4n) is 3.86. The second-order valence-corrected chi connectivity index (χ2v) is 6.36. The van der Waals surface area contributed by atoms with Crippen LogP contribution in [0.15, 0.2) is 0 Å². The highest BCUT2D eigenvalue weighted by molar-refractivity contribution is 4.93. The van der Waals surface area contributed by atoms with Crippen LogP contribution in [0.2, 0.25) is 0 Å². The van der Waals surface area contributed by atoms with Crippen LogP contribution < -0.4 is 5.32 Å². The van der Waals surface area contributed by atoms with Crippen molar-refractivity contribution in [2.75, 3.05) is 6.54 Å². The van der Waals surface area contributed by atoms with Crippen LogP contribution in [0, 0.1) is 11.8 Å². The number of nitrogens with one attached hydrogen (secondary N) is 1. The molecule has 0 aromatic heterocycles. The monoisotopic (exact) mass is 237 g/mol. The van der Waals surface area contributed by atoms with Crippen molar-refractivity contribution in [1.29, 1.82) is 0 Å². The van der Waals surface area contributed by atoms with E-state index in [1.807, 2.05) is 0 Å². The largest absolute Gasteiger partial charge is 0.314 e. The molecule has 3 unspecified atom stereocenters. The highest BCUT2D eigenvalue weighted by Crippen LogP contribution is 2.44. The first-order valence-corrected chi connectivity index (χ1v) is 8.13. The van der Waals surface area contributed by atoms with E-state index in [0.717, 1.165) is 17.9 Å². The van der Waals surface area contributed by atoms with Gasteiger partial charge in [-0.2, -0.15) is 0 Å². The van der Waals surface area contributed by atoms with Crippen molar-refractivity contribution >= 4 is 0 Å². The van der Waals surface area contributed by atoms with E-state index in [2.05, 4.69) is 12.2 Å². The van der Waals surface area contributed by atoms with Gasteiger partial charge in [-0.25, -0.2) is 0 Å². The zero-order valence-electron chi connectivity index (χ0n) is 11.7. The SMILES string of the molecule is CCCCCCCCCNC1CC2CCC1C2. The van der Waals surface area contributed by atoms with E-state index in [-0.39, 0.29) is 0 Å². The molecule has 1 heteroatoms. The van der Waals surface area contributed by atoms with Gasteiger partial charge in [-0.1, -0.05) is 51.9 Å². The lowest BCUT2D eigenvalue weighted by atomic mass is 9.95. The molecule has 0 spiro atoms. The van der Waals surface area contributed by atoms with Crippen molar-refractivity contribution in [2.45, 2.75) is 83.6 Å². The Balaban J connectivity index is 1.39. The predicted molar refractivity (Wildman–Crippen MR) is 75.2 cm³/mol. The molecular formula is C16H31N. The number of hydrogen-bond donors (Lipinski definition) is 1. The minimum absolute atomic E-state index is 0.897. The molecule has 1 N–H and O–H groups in total. The van der Waals surface area contributed by atoms with Gasteiger partial charge in [0.2, 0.25) is 0 Å². The summed E-state index contributed by atoms with van der Waals surface area (Å²) in [4.78, 5) is 0. The third-order valence-corrected chi connectivity index (χ3v) is 4.92. The first kappa shape index (κ1) is 13.4. The molecule has 0 saturated heterocycles. The summed E-state index contributed by atoms with van der Waals surface area (Å²) >= 11 is 0. The summed E-state index contributed by atoms with van der Waals surface area (Å²) in [5.74, 6) is 2.14. The fourth-order valence-corrected chi connectivity index (χ4v) is 3.86. The molecule has 2 fully saturated rings. The van der Waals surface area contributed by atoms with Crippen LogP contribution in [-0.4, -0.2) is 12.6 Å². The van der Waals surface area contributed by atoms with Crippen LogP contribution >= 0.6 is 0 Å². The maximum absolute atomic E-state index is 3.82. The Labute approximate surface area is 108 Å². The second kappa shape index (κ2) is 7.41. The second-order valence-electron chi connectivity index (χ2n) is 6.36. The van der Waals surface area contributed by atoms with Crippen molar-refractivity contribution in [1.82, 2.24) is 5.32 Å².